The number of rotatable bonds is 4. The van der Waals surface area contributed by atoms with Crippen LogP contribution in [0.15, 0.2) is 24.3 Å². The van der Waals surface area contributed by atoms with E-state index in [4.69, 9.17) is 5.73 Å². The Kier molecular flexibility index (Phi) is 3.99. The maximum atomic E-state index is 11.7. The number of thiocarbonyl (C=S) groups is 1. The molecule has 0 amide bonds. The molecule has 98 valence electrons. The topological polar surface area (TPSA) is 72.2 Å². The quantitative estimate of drug-likeness (QED) is 0.800. The molecule has 4 nitrogen and oxygen atoms in total. The first-order chi connectivity index (χ1) is 8.46. The van der Waals surface area contributed by atoms with Crippen LogP contribution in [-0.4, -0.2) is 25.2 Å². The fourth-order valence-electron chi connectivity index (χ4n) is 2.28. The summed E-state index contributed by atoms with van der Waals surface area (Å²) in [6, 6.07) is 8.07. The van der Waals surface area contributed by atoms with E-state index in [1.807, 2.05) is 18.2 Å². The van der Waals surface area contributed by atoms with Crippen molar-refractivity contribution in [3.8, 4) is 0 Å². The van der Waals surface area contributed by atoms with Crippen molar-refractivity contribution < 1.29 is 8.42 Å². The van der Waals surface area contributed by atoms with Gasteiger partial charge in [-0.1, -0.05) is 36.5 Å². The van der Waals surface area contributed by atoms with E-state index in [2.05, 4.69) is 23.0 Å². The first-order valence-electron chi connectivity index (χ1n) is 5.81. The molecule has 0 radical (unpaired) electrons. The van der Waals surface area contributed by atoms with Crippen molar-refractivity contribution >= 4 is 27.2 Å². The van der Waals surface area contributed by atoms with Crippen LogP contribution in [0.2, 0.25) is 0 Å². The van der Waals surface area contributed by atoms with Gasteiger partial charge in [0.05, 0.1) is 4.99 Å². The van der Waals surface area contributed by atoms with Crippen molar-refractivity contribution in [2.75, 3.05) is 5.75 Å². The van der Waals surface area contributed by atoms with Gasteiger partial charge in [0.2, 0.25) is 10.0 Å². The molecule has 0 aliphatic heterocycles. The summed E-state index contributed by atoms with van der Waals surface area (Å²) in [6.45, 7) is 0. The molecule has 1 unspecified atom stereocenters. The highest BCUT2D eigenvalue weighted by Crippen LogP contribution is 2.21. The highest BCUT2D eigenvalue weighted by Gasteiger charge is 2.23. The second kappa shape index (κ2) is 5.34. The summed E-state index contributed by atoms with van der Waals surface area (Å²) in [7, 11) is -3.40. The lowest BCUT2D eigenvalue weighted by atomic mass is 9.89. The van der Waals surface area contributed by atoms with E-state index in [1.165, 1.54) is 11.1 Å². The van der Waals surface area contributed by atoms with E-state index >= 15 is 0 Å². The Labute approximate surface area is 113 Å². The van der Waals surface area contributed by atoms with Crippen LogP contribution in [0.5, 0.6) is 0 Å². The molecule has 0 saturated heterocycles. The van der Waals surface area contributed by atoms with E-state index < -0.39 is 10.0 Å². The zero-order valence-electron chi connectivity index (χ0n) is 9.93. The van der Waals surface area contributed by atoms with E-state index in [0.29, 0.717) is 0 Å². The Balaban J connectivity index is 2.04. The van der Waals surface area contributed by atoms with Crippen LogP contribution in [0.4, 0.5) is 0 Å². The maximum Gasteiger partial charge on any atom is 0.218 e. The molecular formula is C12H16N2O2S2. The molecule has 1 aromatic carbocycles. The van der Waals surface area contributed by atoms with E-state index in [1.54, 1.807) is 0 Å². The molecule has 3 N–H and O–H groups in total. The van der Waals surface area contributed by atoms with Crippen LogP contribution >= 0.6 is 12.2 Å². The second-order valence-corrected chi connectivity index (χ2v) is 6.83. The predicted octanol–water partition coefficient (Wildman–Crippen LogP) is 0.749. The Hall–Kier alpha value is -0.980. The molecule has 0 saturated carbocycles. The van der Waals surface area contributed by atoms with Crippen LogP contribution in [0.1, 0.15) is 17.5 Å². The number of nitrogens with one attached hydrogen (secondary N) is 1. The minimum atomic E-state index is -3.40. The normalized spacial score (nSPS) is 19.2. The molecule has 0 bridgehead atoms. The number of hydrogen-bond acceptors (Lipinski definition) is 3. The summed E-state index contributed by atoms with van der Waals surface area (Å²) in [5, 5.41) is 0. The van der Waals surface area contributed by atoms with Gasteiger partial charge in [-0.05, 0) is 30.4 Å². The summed E-state index contributed by atoms with van der Waals surface area (Å²) < 4.78 is 26.2. The van der Waals surface area contributed by atoms with E-state index in [-0.39, 0.29) is 16.8 Å². The zero-order valence-corrected chi connectivity index (χ0v) is 11.6. The molecule has 2 rings (SSSR count). The van der Waals surface area contributed by atoms with Crippen molar-refractivity contribution in [1.82, 2.24) is 4.72 Å². The third-order valence-electron chi connectivity index (χ3n) is 3.03. The van der Waals surface area contributed by atoms with E-state index in [9.17, 15) is 8.42 Å². The van der Waals surface area contributed by atoms with Crippen molar-refractivity contribution in [2.24, 2.45) is 5.73 Å². The van der Waals surface area contributed by atoms with Gasteiger partial charge < -0.3 is 5.73 Å². The average Bonchev–Trinajstić information content (AvgIpc) is 2.26. The number of hydrogen-bond donors (Lipinski definition) is 2. The van der Waals surface area contributed by atoms with Crippen molar-refractivity contribution in [1.29, 1.82) is 0 Å². The molecule has 18 heavy (non-hydrogen) atoms. The number of sulfonamides is 1. The van der Waals surface area contributed by atoms with Crippen LogP contribution < -0.4 is 10.5 Å². The van der Waals surface area contributed by atoms with Gasteiger partial charge in [0.25, 0.3) is 0 Å². The van der Waals surface area contributed by atoms with Crippen LogP contribution in [0, 0.1) is 0 Å². The van der Waals surface area contributed by atoms with Gasteiger partial charge in [0.15, 0.2) is 0 Å². The zero-order chi connectivity index (χ0) is 13.2. The molecule has 6 heteroatoms. The van der Waals surface area contributed by atoms with E-state index in [0.717, 1.165) is 19.3 Å². The fourth-order valence-corrected chi connectivity index (χ4v) is 3.91. The standard InChI is InChI=1S/C12H16N2O2S2/c13-12(17)8-18(15,16)14-11-6-5-9-3-1-2-4-10(9)7-11/h1-4,11,14H,5-8H2,(H2,13,17). The van der Waals surface area contributed by atoms with Gasteiger partial charge in [-0.15, -0.1) is 0 Å². The van der Waals surface area contributed by atoms with Gasteiger partial charge >= 0.3 is 0 Å². The molecule has 0 spiro atoms. The van der Waals surface area contributed by atoms with Gasteiger partial charge in [-0.3, -0.25) is 0 Å². The Morgan fingerprint density at radius 2 is 2.06 bits per heavy atom. The SMILES string of the molecule is NC(=S)CS(=O)(=O)NC1CCc2ccccc2C1. The monoisotopic (exact) mass is 284 g/mol. The Bertz CT molecular complexity index is 555. The first-order valence-corrected chi connectivity index (χ1v) is 7.87. The average molecular weight is 284 g/mol. The van der Waals surface area contributed by atoms with Crippen LogP contribution in [0.25, 0.3) is 0 Å². The number of fused-ring (bicyclic) bond motifs is 1. The molecule has 1 aliphatic rings. The minimum Gasteiger partial charge on any atom is -0.392 e. The highest BCUT2D eigenvalue weighted by molar-refractivity contribution is 7.92. The molecule has 0 fully saturated rings. The Morgan fingerprint density at radius 3 is 2.72 bits per heavy atom. The largest absolute Gasteiger partial charge is 0.392 e. The number of nitrogens with two attached hydrogens (primary N) is 1. The maximum absolute atomic E-state index is 11.7. The highest BCUT2D eigenvalue weighted by atomic mass is 32.2. The van der Waals surface area contributed by atoms with Crippen molar-refractivity contribution in [3.63, 3.8) is 0 Å². The molecule has 1 aromatic rings. The number of aryl methyl sites for hydroxylation is 1. The summed E-state index contributed by atoms with van der Waals surface area (Å²) in [4.78, 5) is -0.00119. The molecule has 1 atom stereocenters. The summed E-state index contributed by atoms with van der Waals surface area (Å²) in [5.74, 6) is -0.277. The Morgan fingerprint density at radius 1 is 1.39 bits per heavy atom. The summed E-state index contributed by atoms with van der Waals surface area (Å²) >= 11 is 4.63. The van der Waals surface area contributed by atoms with Crippen LogP contribution in [0.3, 0.4) is 0 Å². The van der Waals surface area contributed by atoms with Gasteiger partial charge in [0.1, 0.15) is 5.75 Å². The van der Waals surface area contributed by atoms with Gasteiger partial charge in [-0.2, -0.15) is 0 Å². The second-order valence-electron chi connectivity index (χ2n) is 4.55. The number of benzene rings is 1. The fraction of sp³-hybridized carbons (Fsp3) is 0.417. The molecular weight excluding hydrogens is 268 g/mol. The van der Waals surface area contributed by atoms with Crippen molar-refractivity contribution in [2.45, 2.75) is 25.3 Å². The molecule has 1 aliphatic carbocycles. The molecule has 0 aromatic heterocycles. The van der Waals surface area contributed by atoms with Crippen molar-refractivity contribution in [3.05, 3.63) is 35.4 Å². The third-order valence-corrected chi connectivity index (χ3v) is 4.74. The van der Waals surface area contributed by atoms with Crippen LogP contribution in [-0.2, 0) is 22.9 Å². The summed E-state index contributed by atoms with van der Waals surface area (Å²) in [6.07, 6.45) is 2.44. The predicted molar refractivity (Wildman–Crippen MR) is 76.0 cm³/mol. The third kappa shape index (κ3) is 3.51. The molecule has 0 heterocycles. The summed E-state index contributed by atoms with van der Waals surface area (Å²) in [5.41, 5.74) is 7.79. The first kappa shape index (κ1) is 13.5. The minimum absolute atomic E-state index is 0.00119. The lowest BCUT2D eigenvalue weighted by Crippen LogP contribution is -2.42. The smallest absolute Gasteiger partial charge is 0.218 e. The lowest BCUT2D eigenvalue weighted by molar-refractivity contribution is 0.510. The van der Waals surface area contributed by atoms with Gasteiger partial charge in [-0.25, -0.2) is 13.1 Å². The lowest BCUT2D eigenvalue weighted by Gasteiger charge is -2.25. The van der Waals surface area contributed by atoms with Gasteiger partial charge in [0, 0.05) is 6.04 Å².